The molecule has 0 bridgehead atoms. The van der Waals surface area contributed by atoms with Crippen LogP contribution < -0.4 is 10.6 Å². The van der Waals surface area contributed by atoms with Crippen LogP contribution in [0.3, 0.4) is 0 Å². The van der Waals surface area contributed by atoms with Crippen LogP contribution in [-0.2, 0) is 0 Å². The van der Waals surface area contributed by atoms with Crippen molar-refractivity contribution in [2.24, 2.45) is 0 Å². The molecule has 0 saturated heterocycles. The molecule has 0 fully saturated rings. The van der Waals surface area contributed by atoms with Crippen LogP contribution in [0, 0.1) is 0 Å². The van der Waals surface area contributed by atoms with Crippen LogP contribution in [0.5, 0.6) is 0 Å². The number of hydrogen-bond acceptors (Lipinski definition) is 2. The van der Waals surface area contributed by atoms with Gasteiger partial charge >= 0.3 is 0 Å². The number of hydrogen-bond donors (Lipinski definition) is 2. The quantitative estimate of drug-likeness (QED) is 0.581. The maximum atomic E-state index is 6.06. The Labute approximate surface area is 106 Å². The Morgan fingerprint density at radius 2 is 2.07 bits per heavy atom. The van der Waals surface area contributed by atoms with E-state index in [9.17, 15) is 0 Å². The molecule has 0 aliphatic heterocycles. The lowest BCUT2D eigenvalue weighted by atomic mass is 10.0. The van der Waals surface area contributed by atoms with Crippen LogP contribution in [-0.4, -0.2) is 23.5 Å². The zero-order chi connectivity index (χ0) is 12.1. The summed E-state index contributed by atoms with van der Waals surface area (Å²) in [5.74, 6) is 0. The zero-order valence-electron chi connectivity index (χ0n) is 9.77. The van der Waals surface area contributed by atoms with E-state index in [1.165, 1.54) is 0 Å². The lowest BCUT2D eigenvalue weighted by Crippen LogP contribution is -2.38. The highest BCUT2D eigenvalue weighted by molar-refractivity contribution is 9.10. The first-order chi connectivity index (χ1) is 6.85. The Kier molecular flexibility index (Phi) is 6.57. The van der Waals surface area contributed by atoms with E-state index in [1.807, 2.05) is 26.2 Å². The Hall–Kier alpha value is 0.01000. The van der Waals surface area contributed by atoms with E-state index in [0.717, 1.165) is 5.03 Å². The van der Waals surface area contributed by atoms with Gasteiger partial charge in [0.2, 0.25) is 0 Å². The van der Waals surface area contributed by atoms with Gasteiger partial charge in [-0.1, -0.05) is 33.6 Å². The van der Waals surface area contributed by atoms with E-state index in [2.05, 4.69) is 47.0 Å². The van der Waals surface area contributed by atoms with E-state index < -0.39 is 0 Å². The minimum absolute atomic E-state index is 0.135. The van der Waals surface area contributed by atoms with E-state index in [0.29, 0.717) is 0 Å². The van der Waals surface area contributed by atoms with Crippen molar-refractivity contribution in [2.45, 2.75) is 37.2 Å². The topological polar surface area (TPSA) is 24.1 Å². The summed E-state index contributed by atoms with van der Waals surface area (Å²) < 4.78 is -0.135. The monoisotopic (exact) mass is 294 g/mol. The Balaban J connectivity index is 4.32. The van der Waals surface area contributed by atoms with Crippen LogP contribution in [0.1, 0.15) is 20.8 Å². The van der Waals surface area contributed by atoms with Gasteiger partial charge in [0.15, 0.2) is 0 Å². The zero-order valence-corrected chi connectivity index (χ0v) is 12.1. The molecular weight excluding hydrogens is 275 g/mol. The third kappa shape index (κ3) is 5.05. The molecule has 0 amide bonds. The van der Waals surface area contributed by atoms with Crippen molar-refractivity contribution in [3.63, 3.8) is 0 Å². The number of halogens is 2. The van der Waals surface area contributed by atoms with Crippen molar-refractivity contribution in [3.8, 4) is 0 Å². The summed E-state index contributed by atoms with van der Waals surface area (Å²) in [6.45, 7) is 9.91. The van der Waals surface area contributed by atoms with E-state index in [4.69, 9.17) is 11.6 Å². The smallest absolute Gasteiger partial charge is 0.0603 e. The standard InChI is InChI=1S/C11H20BrClN2/c1-6-11(4,12)9(3)15-7-10(13)8(2)14-5/h6-9,14-15H,1H2,2-5H3/b10-7+/t8?,9-,11?/m0/s1. The van der Waals surface area contributed by atoms with Gasteiger partial charge < -0.3 is 10.6 Å². The lowest BCUT2D eigenvalue weighted by molar-refractivity contribution is 0.560. The molecule has 2 N–H and O–H groups in total. The minimum Gasteiger partial charge on any atom is -0.386 e. The Bertz CT molecular complexity index is 239. The third-order valence-corrected chi connectivity index (χ3v) is 4.01. The first kappa shape index (κ1) is 15.0. The second kappa shape index (κ2) is 6.56. The molecule has 0 aliphatic rings. The van der Waals surface area contributed by atoms with Gasteiger partial charge in [-0.05, 0) is 27.8 Å². The predicted molar refractivity (Wildman–Crippen MR) is 72.6 cm³/mol. The summed E-state index contributed by atoms with van der Waals surface area (Å²) in [5, 5.41) is 7.07. The van der Waals surface area contributed by atoms with Crippen molar-refractivity contribution in [2.75, 3.05) is 7.05 Å². The maximum absolute atomic E-state index is 6.06. The van der Waals surface area contributed by atoms with Gasteiger partial charge in [0.25, 0.3) is 0 Å². The molecule has 2 unspecified atom stereocenters. The van der Waals surface area contributed by atoms with Gasteiger partial charge in [-0.2, -0.15) is 0 Å². The second-order valence-electron chi connectivity index (χ2n) is 3.78. The predicted octanol–water partition coefficient (Wildman–Crippen LogP) is 2.99. The first-order valence-corrected chi connectivity index (χ1v) is 6.13. The summed E-state index contributed by atoms with van der Waals surface area (Å²) in [6, 6.07) is 0.379. The summed E-state index contributed by atoms with van der Waals surface area (Å²) in [4.78, 5) is 0. The van der Waals surface area contributed by atoms with Gasteiger partial charge in [0, 0.05) is 18.3 Å². The van der Waals surface area contributed by atoms with Crippen LogP contribution in [0.2, 0.25) is 0 Å². The first-order valence-electron chi connectivity index (χ1n) is 4.96. The number of nitrogens with one attached hydrogen (secondary N) is 2. The van der Waals surface area contributed by atoms with Crippen LogP contribution in [0.15, 0.2) is 23.9 Å². The van der Waals surface area contributed by atoms with E-state index >= 15 is 0 Å². The van der Waals surface area contributed by atoms with Crippen LogP contribution in [0.25, 0.3) is 0 Å². The third-order valence-electron chi connectivity index (χ3n) is 2.56. The molecule has 88 valence electrons. The molecule has 0 spiro atoms. The van der Waals surface area contributed by atoms with Gasteiger partial charge in [0.1, 0.15) is 0 Å². The number of likely N-dealkylation sites (N-methyl/N-ethyl adjacent to an activating group) is 1. The number of rotatable bonds is 6. The average Bonchev–Trinajstić information content (AvgIpc) is 2.23. The average molecular weight is 296 g/mol. The Morgan fingerprint density at radius 1 is 1.53 bits per heavy atom. The maximum Gasteiger partial charge on any atom is 0.0603 e. The second-order valence-corrected chi connectivity index (χ2v) is 5.93. The lowest BCUT2D eigenvalue weighted by Gasteiger charge is -2.26. The van der Waals surface area contributed by atoms with Crippen molar-refractivity contribution in [3.05, 3.63) is 23.9 Å². The summed E-state index contributed by atoms with van der Waals surface area (Å²) in [6.07, 6.45) is 3.70. The molecular formula is C11H20BrClN2. The molecule has 15 heavy (non-hydrogen) atoms. The SMILES string of the molecule is C=CC(C)(Br)[C@H](C)N/C=C(/Cl)C(C)NC. The van der Waals surface area contributed by atoms with Gasteiger partial charge in [0.05, 0.1) is 9.36 Å². The van der Waals surface area contributed by atoms with Crippen LogP contribution >= 0.6 is 27.5 Å². The van der Waals surface area contributed by atoms with Crippen molar-refractivity contribution >= 4 is 27.5 Å². The van der Waals surface area contributed by atoms with Gasteiger partial charge in [-0.15, -0.1) is 6.58 Å². The molecule has 0 heterocycles. The van der Waals surface area contributed by atoms with Gasteiger partial charge in [-0.25, -0.2) is 0 Å². The summed E-state index contributed by atoms with van der Waals surface area (Å²) in [7, 11) is 1.88. The van der Waals surface area contributed by atoms with Crippen molar-refractivity contribution in [1.82, 2.24) is 10.6 Å². The molecule has 0 aliphatic carbocycles. The van der Waals surface area contributed by atoms with E-state index in [-0.39, 0.29) is 16.4 Å². The highest BCUT2D eigenvalue weighted by atomic mass is 79.9. The largest absolute Gasteiger partial charge is 0.386 e. The molecule has 2 nitrogen and oxygen atoms in total. The van der Waals surface area contributed by atoms with Crippen molar-refractivity contribution < 1.29 is 0 Å². The molecule has 0 saturated carbocycles. The molecule has 0 aromatic heterocycles. The Morgan fingerprint density at radius 3 is 2.47 bits per heavy atom. The fourth-order valence-corrected chi connectivity index (χ4v) is 1.11. The molecule has 4 heteroatoms. The normalized spacial score (nSPS) is 20.3. The fraction of sp³-hybridized carbons (Fsp3) is 0.636. The van der Waals surface area contributed by atoms with Gasteiger partial charge in [-0.3, -0.25) is 0 Å². The summed E-state index contributed by atoms with van der Waals surface area (Å²) >= 11 is 9.65. The summed E-state index contributed by atoms with van der Waals surface area (Å²) in [5.41, 5.74) is 0. The van der Waals surface area contributed by atoms with Crippen molar-refractivity contribution in [1.29, 1.82) is 0 Å². The highest BCUT2D eigenvalue weighted by Gasteiger charge is 2.23. The molecule has 0 radical (unpaired) electrons. The number of alkyl halides is 1. The molecule has 0 rings (SSSR count). The highest BCUT2D eigenvalue weighted by Crippen LogP contribution is 2.23. The minimum atomic E-state index is -0.135. The molecule has 0 aromatic carbocycles. The molecule has 3 atom stereocenters. The fourth-order valence-electron chi connectivity index (χ4n) is 0.807. The van der Waals surface area contributed by atoms with Crippen LogP contribution in [0.4, 0.5) is 0 Å². The molecule has 0 aromatic rings. The van der Waals surface area contributed by atoms with E-state index in [1.54, 1.807) is 0 Å².